The summed E-state index contributed by atoms with van der Waals surface area (Å²) in [4.78, 5) is 14.4. The van der Waals surface area contributed by atoms with Crippen LogP contribution in [0.5, 0.6) is 5.75 Å². The molecule has 1 N–H and O–H groups in total. The van der Waals surface area contributed by atoms with Crippen molar-refractivity contribution in [1.82, 2.24) is 4.90 Å². The molecule has 0 saturated heterocycles. The maximum atomic E-state index is 12.7. The summed E-state index contributed by atoms with van der Waals surface area (Å²) in [6.07, 6.45) is 2.51. The Morgan fingerprint density at radius 3 is 2.58 bits per heavy atom. The average molecular weight is 354 g/mol. The Kier molecular flexibility index (Phi) is 8.23. The molecule has 0 aliphatic rings. The zero-order valence-electron chi connectivity index (χ0n) is 15.2. The van der Waals surface area contributed by atoms with E-state index < -0.39 is 0 Å². The first-order chi connectivity index (χ1) is 12.7. The number of carbonyl (C=O) groups is 1. The Bertz CT molecular complexity index is 689. The average Bonchev–Trinajstić information content (AvgIpc) is 2.67. The van der Waals surface area contributed by atoms with Crippen molar-refractivity contribution >= 4 is 11.7 Å². The Hall–Kier alpha value is -2.79. The summed E-state index contributed by atoms with van der Waals surface area (Å²) in [6.45, 7) is 5.75. The maximum Gasteiger partial charge on any atom is 0.322 e. The highest BCUT2D eigenvalue weighted by molar-refractivity contribution is 5.91. The normalized spacial score (nSPS) is 10.2. The van der Waals surface area contributed by atoms with Gasteiger partial charge in [0, 0.05) is 20.2 Å². The van der Waals surface area contributed by atoms with Gasteiger partial charge >= 0.3 is 6.03 Å². The summed E-state index contributed by atoms with van der Waals surface area (Å²) < 4.78 is 10.7. The number of nitrogens with one attached hydrogen (secondary N) is 1. The second kappa shape index (κ2) is 10.9. The molecule has 0 aliphatic heterocycles. The highest BCUT2D eigenvalue weighted by Crippen LogP contribution is 2.24. The number of anilines is 1. The molecule has 5 heteroatoms. The molecule has 2 rings (SSSR count). The van der Waals surface area contributed by atoms with E-state index in [0.29, 0.717) is 37.7 Å². The molecule has 0 spiro atoms. The lowest BCUT2D eigenvalue weighted by molar-refractivity contribution is 0.146. The summed E-state index contributed by atoms with van der Waals surface area (Å²) in [5, 5.41) is 2.93. The summed E-state index contributed by atoms with van der Waals surface area (Å²) in [6, 6.07) is 17.3. The quantitative estimate of drug-likeness (QED) is 0.519. The molecule has 5 nitrogen and oxygen atoms in total. The maximum absolute atomic E-state index is 12.7. The monoisotopic (exact) mass is 354 g/mol. The van der Waals surface area contributed by atoms with Crippen LogP contribution in [0.1, 0.15) is 5.56 Å². The molecule has 0 aromatic heterocycles. The number of urea groups is 1. The van der Waals surface area contributed by atoms with Crippen molar-refractivity contribution < 1.29 is 14.3 Å². The van der Waals surface area contributed by atoms with Gasteiger partial charge in [-0.05, 0) is 24.1 Å². The van der Waals surface area contributed by atoms with Gasteiger partial charge in [-0.25, -0.2) is 4.79 Å². The fraction of sp³-hybridized carbons (Fsp3) is 0.286. The minimum atomic E-state index is -0.177. The molecule has 26 heavy (non-hydrogen) atoms. The summed E-state index contributed by atoms with van der Waals surface area (Å²) in [5.74, 6) is 0.625. The molecule has 0 atom stereocenters. The van der Waals surface area contributed by atoms with Crippen molar-refractivity contribution in [3.05, 3.63) is 72.8 Å². The molecule has 0 radical (unpaired) electrons. The van der Waals surface area contributed by atoms with Gasteiger partial charge in [-0.15, -0.1) is 6.58 Å². The van der Waals surface area contributed by atoms with Crippen LogP contribution in [0.4, 0.5) is 10.5 Å². The second-order valence-corrected chi connectivity index (χ2v) is 5.74. The van der Waals surface area contributed by atoms with Crippen molar-refractivity contribution in [1.29, 1.82) is 0 Å². The van der Waals surface area contributed by atoms with Crippen molar-refractivity contribution in [2.75, 3.05) is 38.7 Å². The predicted octanol–water partition coefficient (Wildman–Crippen LogP) is 3.97. The zero-order chi connectivity index (χ0) is 18.6. The molecule has 0 bridgehead atoms. The Morgan fingerprint density at radius 1 is 1.12 bits per heavy atom. The second-order valence-electron chi connectivity index (χ2n) is 5.74. The van der Waals surface area contributed by atoms with Crippen LogP contribution in [0.25, 0.3) is 0 Å². The molecule has 0 saturated carbocycles. The molecule has 0 aliphatic carbocycles. The Morgan fingerprint density at radius 2 is 1.85 bits per heavy atom. The lowest BCUT2D eigenvalue weighted by Crippen LogP contribution is -2.36. The molecular weight excluding hydrogens is 328 g/mol. The molecule has 138 valence electrons. The van der Waals surface area contributed by atoms with E-state index in [1.165, 1.54) is 5.56 Å². The lowest BCUT2D eigenvalue weighted by atomic mass is 10.1. The molecule has 2 aromatic carbocycles. The van der Waals surface area contributed by atoms with E-state index in [1.807, 2.05) is 42.5 Å². The topological polar surface area (TPSA) is 50.8 Å². The number of para-hydroxylation sites is 2. The largest absolute Gasteiger partial charge is 0.489 e. The van der Waals surface area contributed by atoms with Crippen molar-refractivity contribution in [3.63, 3.8) is 0 Å². The van der Waals surface area contributed by atoms with Gasteiger partial charge < -0.3 is 19.7 Å². The van der Waals surface area contributed by atoms with Crippen LogP contribution in [-0.4, -0.2) is 44.3 Å². The third kappa shape index (κ3) is 6.26. The summed E-state index contributed by atoms with van der Waals surface area (Å²) >= 11 is 0. The molecule has 0 fully saturated rings. The fourth-order valence-electron chi connectivity index (χ4n) is 2.47. The summed E-state index contributed by atoms with van der Waals surface area (Å²) in [5.41, 5.74) is 1.83. The minimum absolute atomic E-state index is 0.177. The fourth-order valence-corrected chi connectivity index (χ4v) is 2.47. The lowest BCUT2D eigenvalue weighted by Gasteiger charge is -2.22. The SMILES string of the molecule is C=CCN(CCc1ccccc1)C(=O)Nc1ccccc1OCCOC. The molecule has 2 amide bonds. The smallest absolute Gasteiger partial charge is 0.322 e. The van der Waals surface area contributed by atoms with E-state index in [9.17, 15) is 4.79 Å². The minimum Gasteiger partial charge on any atom is -0.489 e. The number of hydrogen-bond donors (Lipinski definition) is 1. The van der Waals surface area contributed by atoms with Crippen LogP contribution in [0.15, 0.2) is 67.3 Å². The number of carbonyl (C=O) groups excluding carboxylic acids is 1. The molecule has 0 heterocycles. The van der Waals surface area contributed by atoms with Crippen LogP contribution in [0.2, 0.25) is 0 Å². The number of benzene rings is 2. The third-order valence-electron chi connectivity index (χ3n) is 3.82. The van der Waals surface area contributed by atoms with Gasteiger partial charge in [0.2, 0.25) is 0 Å². The van der Waals surface area contributed by atoms with Crippen LogP contribution in [0.3, 0.4) is 0 Å². The number of amides is 2. The van der Waals surface area contributed by atoms with E-state index in [1.54, 1.807) is 18.1 Å². The van der Waals surface area contributed by atoms with Gasteiger partial charge in [0.1, 0.15) is 12.4 Å². The first kappa shape index (κ1) is 19.5. The first-order valence-corrected chi connectivity index (χ1v) is 8.66. The van der Waals surface area contributed by atoms with Gasteiger partial charge in [0.25, 0.3) is 0 Å². The molecular formula is C21H26N2O3. The van der Waals surface area contributed by atoms with Crippen LogP contribution in [-0.2, 0) is 11.2 Å². The Labute approximate surface area is 155 Å². The van der Waals surface area contributed by atoms with Gasteiger partial charge in [-0.1, -0.05) is 48.5 Å². The highest BCUT2D eigenvalue weighted by Gasteiger charge is 2.14. The van der Waals surface area contributed by atoms with E-state index in [4.69, 9.17) is 9.47 Å². The molecule has 2 aromatic rings. The highest BCUT2D eigenvalue weighted by atomic mass is 16.5. The number of rotatable bonds is 10. The molecule has 0 unspecified atom stereocenters. The predicted molar refractivity (Wildman–Crippen MR) is 105 cm³/mol. The summed E-state index contributed by atoms with van der Waals surface area (Å²) in [7, 11) is 1.62. The number of methoxy groups -OCH3 is 1. The van der Waals surface area contributed by atoms with Crippen molar-refractivity contribution in [2.24, 2.45) is 0 Å². The van der Waals surface area contributed by atoms with Gasteiger partial charge in [0.05, 0.1) is 12.3 Å². The van der Waals surface area contributed by atoms with E-state index >= 15 is 0 Å². The number of nitrogens with zero attached hydrogens (tertiary/aromatic N) is 1. The standard InChI is InChI=1S/C21H26N2O3/c1-3-14-23(15-13-18-9-5-4-6-10-18)21(24)22-19-11-7-8-12-20(19)26-17-16-25-2/h3-12H,1,13-17H2,2H3,(H,22,24). The van der Waals surface area contributed by atoms with Gasteiger partial charge in [-0.2, -0.15) is 0 Å². The number of hydrogen-bond acceptors (Lipinski definition) is 3. The zero-order valence-corrected chi connectivity index (χ0v) is 15.2. The van der Waals surface area contributed by atoms with E-state index in [0.717, 1.165) is 6.42 Å². The van der Waals surface area contributed by atoms with E-state index in [2.05, 4.69) is 24.0 Å². The van der Waals surface area contributed by atoms with Crippen molar-refractivity contribution in [3.8, 4) is 5.75 Å². The van der Waals surface area contributed by atoms with Crippen LogP contribution in [0, 0.1) is 0 Å². The first-order valence-electron chi connectivity index (χ1n) is 8.66. The van der Waals surface area contributed by atoms with Gasteiger partial charge in [0.15, 0.2) is 0 Å². The van der Waals surface area contributed by atoms with E-state index in [-0.39, 0.29) is 6.03 Å². The number of ether oxygens (including phenoxy) is 2. The van der Waals surface area contributed by atoms with Gasteiger partial charge in [-0.3, -0.25) is 0 Å². The van der Waals surface area contributed by atoms with Crippen molar-refractivity contribution in [2.45, 2.75) is 6.42 Å². The Balaban J connectivity index is 1.99. The third-order valence-corrected chi connectivity index (χ3v) is 3.82. The van der Waals surface area contributed by atoms with Crippen LogP contribution < -0.4 is 10.1 Å². The van der Waals surface area contributed by atoms with Crippen LogP contribution >= 0.6 is 0 Å².